The largest absolute Gasteiger partial charge is 0.385 e. The summed E-state index contributed by atoms with van der Waals surface area (Å²) in [5.41, 5.74) is 1.64. The van der Waals surface area contributed by atoms with Crippen molar-refractivity contribution >= 4 is 11.6 Å². The van der Waals surface area contributed by atoms with E-state index in [1.807, 2.05) is 6.92 Å². The van der Waals surface area contributed by atoms with Crippen LogP contribution in [0.25, 0.3) is 0 Å². The lowest BCUT2D eigenvalue weighted by Gasteiger charge is -2.42. The topological polar surface area (TPSA) is 68.3 Å². The van der Waals surface area contributed by atoms with Gasteiger partial charge in [-0.1, -0.05) is 12.1 Å². The highest BCUT2D eigenvalue weighted by atomic mass is 19.3. The second-order valence-corrected chi connectivity index (χ2v) is 7.78. The van der Waals surface area contributed by atoms with E-state index in [0.29, 0.717) is 5.56 Å². The van der Waals surface area contributed by atoms with Crippen LogP contribution in [0.1, 0.15) is 47.4 Å². The van der Waals surface area contributed by atoms with Crippen molar-refractivity contribution in [2.24, 2.45) is 10.7 Å². The van der Waals surface area contributed by atoms with Crippen LogP contribution in [-0.4, -0.2) is 28.2 Å². The monoisotopic (exact) mass is 407 g/mol. The Morgan fingerprint density at radius 1 is 1.17 bits per heavy atom. The van der Waals surface area contributed by atoms with E-state index in [9.17, 15) is 22.4 Å². The third-order valence-corrected chi connectivity index (χ3v) is 5.26. The first-order valence-corrected chi connectivity index (χ1v) is 9.03. The molecule has 0 unspecified atom stereocenters. The quantitative estimate of drug-likeness (QED) is 0.607. The van der Waals surface area contributed by atoms with Crippen LogP contribution in [0, 0.1) is 12.7 Å². The highest BCUT2D eigenvalue weighted by molar-refractivity contribution is 5.95. The molecule has 0 saturated carbocycles. The van der Waals surface area contributed by atoms with Crippen LogP contribution in [0.15, 0.2) is 41.5 Å². The molecular weight excluding hydrogens is 386 g/mol. The Balaban J connectivity index is 2.00. The number of aliphatic imine (C=N–C) groups is 1. The Labute approximate surface area is 165 Å². The minimum absolute atomic E-state index is 0.162. The molecule has 1 aromatic carbocycles. The molecule has 2 heterocycles. The third-order valence-electron chi connectivity index (χ3n) is 5.26. The van der Waals surface area contributed by atoms with E-state index >= 15 is 0 Å². The van der Waals surface area contributed by atoms with E-state index in [4.69, 9.17) is 5.73 Å². The summed E-state index contributed by atoms with van der Waals surface area (Å²) in [6.07, 6.45) is 0.158. The minimum Gasteiger partial charge on any atom is -0.385 e. The second kappa shape index (κ2) is 6.93. The van der Waals surface area contributed by atoms with Gasteiger partial charge in [0.1, 0.15) is 17.3 Å². The predicted octanol–water partition coefficient (Wildman–Crippen LogP) is 4.29. The summed E-state index contributed by atoms with van der Waals surface area (Å²) in [5, 5.41) is 0. The van der Waals surface area contributed by atoms with Crippen molar-refractivity contribution in [3.05, 3.63) is 64.7 Å². The van der Waals surface area contributed by atoms with E-state index in [1.54, 1.807) is 18.3 Å². The third kappa shape index (κ3) is 3.75. The molecule has 0 spiro atoms. The Morgan fingerprint density at radius 3 is 2.48 bits per heavy atom. The van der Waals surface area contributed by atoms with Gasteiger partial charge in [0.25, 0.3) is 5.92 Å². The number of amidine groups is 1. The molecule has 1 aromatic heterocycles. The summed E-state index contributed by atoms with van der Waals surface area (Å²) in [7, 11) is 0. The number of pyridine rings is 1. The number of aromatic nitrogens is 1. The van der Waals surface area contributed by atoms with Gasteiger partial charge in [0.05, 0.1) is 6.42 Å². The number of carbonyl (C=O) groups excluding carboxylic acids is 1. The molecule has 0 amide bonds. The summed E-state index contributed by atoms with van der Waals surface area (Å²) >= 11 is 0. The second-order valence-electron chi connectivity index (χ2n) is 7.78. The fraction of sp³-hybridized carbons (Fsp3) is 0.381. The highest BCUT2D eigenvalue weighted by Crippen LogP contribution is 2.50. The summed E-state index contributed by atoms with van der Waals surface area (Å²) in [6, 6.07) is 6.78. The molecular formula is C21H21F4N3O. The van der Waals surface area contributed by atoms with Crippen LogP contribution in [0.2, 0.25) is 0 Å². The van der Waals surface area contributed by atoms with Crippen molar-refractivity contribution in [1.29, 1.82) is 0 Å². The Hall–Kier alpha value is -2.77. The lowest BCUT2D eigenvalue weighted by molar-refractivity contribution is -0.106. The average Bonchev–Trinajstić information content (AvgIpc) is 2.61. The number of rotatable bonds is 4. The number of hydrogen-bond acceptors (Lipinski definition) is 4. The Kier molecular flexibility index (Phi) is 5.01. The van der Waals surface area contributed by atoms with Crippen LogP contribution in [0.3, 0.4) is 0 Å². The SMILES string of the molecule is Cc1ccc(C(=O)Cc2ccc(F)c([C@@]3(C)N=C(N)[C@@](C)(F)CC3(F)F)c2)nc1. The first-order chi connectivity index (χ1) is 13.4. The van der Waals surface area contributed by atoms with Crippen molar-refractivity contribution in [3.63, 3.8) is 0 Å². The van der Waals surface area contributed by atoms with Crippen LogP contribution < -0.4 is 5.73 Å². The molecule has 2 atom stereocenters. The van der Waals surface area contributed by atoms with E-state index in [-0.39, 0.29) is 17.9 Å². The van der Waals surface area contributed by atoms with Crippen LogP contribution in [-0.2, 0) is 12.0 Å². The van der Waals surface area contributed by atoms with Crippen LogP contribution in [0.5, 0.6) is 0 Å². The zero-order valence-electron chi connectivity index (χ0n) is 16.3. The first-order valence-electron chi connectivity index (χ1n) is 9.03. The predicted molar refractivity (Wildman–Crippen MR) is 101 cm³/mol. The fourth-order valence-corrected chi connectivity index (χ4v) is 3.34. The number of aryl methyl sites for hydroxylation is 1. The molecule has 1 aliphatic heterocycles. The Bertz CT molecular complexity index is 986. The van der Waals surface area contributed by atoms with Gasteiger partial charge in [-0.3, -0.25) is 14.8 Å². The number of halogens is 4. The van der Waals surface area contributed by atoms with Crippen molar-refractivity contribution < 1.29 is 22.4 Å². The molecule has 3 rings (SSSR count). The molecule has 0 radical (unpaired) electrons. The van der Waals surface area contributed by atoms with Gasteiger partial charge < -0.3 is 5.73 Å². The average molecular weight is 407 g/mol. The Morgan fingerprint density at radius 2 is 1.86 bits per heavy atom. The molecule has 154 valence electrons. The molecule has 2 N–H and O–H groups in total. The fourth-order valence-electron chi connectivity index (χ4n) is 3.34. The standard InChI is InChI=1S/C21H21F4N3O/c1-12-4-7-16(27-10-12)17(29)9-13-5-6-15(22)14(8-13)20(3)21(24,25)11-19(2,23)18(26)28-20/h4-8,10H,9,11H2,1-3H3,(H2,26,28)/t19-,20+/m0/s1. The number of carbonyl (C=O) groups is 1. The van der Waals surface area contributed by atoms with Gasteiger partial charge in [-0.25, -0.2) is 17.6 Å². The van der Waals surface area contributed by atoms with Gasteiger partial charge in [0.15, 0.2) is 17.0 Å². The number of ketones is 1. The lowest BCUT2D eigenvalue weighted by Crippen LogP contribution is -2.56. The minimum atomic E-state index is -3.69. The highest BCUT2D eigenvalue weighted by Gasteiger charge is 2.60. The van der Waals surface area contributed by atoms with Gasteiger partial charge >= 0.3 is 0 Å². The van der Waals surface area contributed by atoms with E-state index in [0.717, 1.165) is 31.5 Å². The molecule has 8 heteroatoms. The molecule has 0 bridgehead atoms. The zero-order valence-corrected chi connectivity index (χ0v) is 16.3. The van der Waals surface area contributed by atoms with Gasteiger partial charge in [0, 0.05) is 18.2 Å². The molecule has 0 saturated heterocycles. The van der Waals surface area contributed by atoms with Gasteiger partial charge in [-0.05, 0) is 50.1 Å². The molecule has 0 fully saturated rings. The number of benzene rings is 1. The van der Waals surface area contributed by atoms with Gasteiger partial charge in [0.2, 0.25) is 0 Å². The number of nitrogens with zero attached hydrogens (tertiary/aromatic N) is 2. The maximum absolute atomic E-state index is 14.8. The number of alkyl halides is 3. The van der Waals surface area contributed by atoms with E-state index in [2.05, 4.69) is 9.98 Å². The zero-order chi connectivity index (χ0) is 21.6. The molecule has 1 aliphatic rings. The lowest BCUT2D eigenvalue weighted by atomic mass is 9.77. The molecule has 29 heavy (non-hydrogen) atoms. The maximum Gasteiger partial charge on any atom is 0.280 e. The molecule has 4 nitrogen and oxygen atoms in total. The normalized spacial score (nSPS) is 26.1. The van der Waals surface area contributed by atoms with Crippen molar-refractivity contribution in [2.45, 2.75) is 50.7 Å². The van der Waals surface area contributed by atoms with Crippen molar-refractivity contribution in [3.8, 4) is 0 Å². The summed E-state index contributed by atoms with van der Waals surface area (Å²) < 4.78 is 58.5. The summed E-state index contributed by atoms with van der Waals surface area (Å²) in [5.74, 6) is -5.59. The maximum atomic E-state index is 14.8. The number of hydrogen-bond donors (Lipinski definition) is 1. The molecule has 2 aromatic rings. The van der Waals surface area contributed by atoms with Crippen LogP contribution >= 0.6 is 0 Å². The van der Waals surface area contributed by atoms with Gasteiger partial charge in [-0.15, -0.1) is 0 Å². The van der Waals surface area contributed by atoms with Crippen LogP contribution in [0.4, 0.5) is 17.6 Å². The smallest absolute Gasteiger partial charge is 0.280 e. The van der Waals surface area contributed by atoms with Crippen molar-refractivity contribution in [2.75, 3.05) is 0 Å². The van der Waals surface area contributed by atoms with Gasteiger partial charge in [-0.2, -0.15) is 0 Å². The number of nitrogens with two attached hydrogens (primary N) is 1. The summed E-state index contributed by atoms with van der Waals surface area (Å²) in [6.45, 7) is 3.76. The summed E-state index contributed by atoms with van der Waals surface area (Å²) in [4.78, 5) is 20.2. The molecule has 0 aliphatic carbocycles. The van der Waals surface area contributed by atoms with E-state index < -0.39 is 40.8 Å². The first kappa shape index (κ1) is 21.0. The number of Topliss-reactive ketones (excluding diaryl/α,β-unsaturated/α-hetero) is 1. The van der Waals surface area contributed by atoms with E-state index in [1.165, 1.54) is 6.07 Å². The van der Waals surface area contributed by atoms with Crippen molar-refractivity contribution in [1.82, 2.24) is 4.98 Å².